The molecule has 5 rings (SSSR count). The SMILES string of the molecule is CN1C=CC(c2ccncn2)=NC1N1CCC=C(c2ccccc2-c2ccccc2)C1. The first kappa shape index (κ1) is 19.4. The molecule has 2 aliphatic rings. The van der Waals surface area contributed by atoms with Crippen molar-refractivity contribution in [2.75, 3.05) is 20.1 Å². The average molecular weight is 408 g/mol. The van der Waals surface area contributed by atoms with Crippen LogP contribution in [0.1, 0.15) is 17.7 Å². The molecule has 0 saturated heterocycles. The van der Waals surface area contributed by atoms with Gasteiger partial charge in [0.2, 0.25) is 0 Å². The molecule has 0 radical (unpaired) electrons. The van der Waals surface area contributed by atoms with Gasteiger partial charge in [0.05, 0.1) is 11.4 Å². The minimum Gasteiger partial charge on any atom is -0.347 e. The van der Waals surface area contributed by atoms with Crippen LogP contribution in [-0.2, 0) is 0 Å². The summed E-state index contributed by atoms with van der Waals surface area (Å²) < 4.78 is 0. The van der Waals surface area contributed by atoms with Gasteiger partial charge in [-0.2, -0.15) is 0 Å². The number of allylic oxidation sites excluding steroid dienone is 1. The van der Waals surface area contributed by atoms with E-state index in [2.05, 4.69) is 93.7 Å². The summed E-state index contributed by atoms with van der Waals surface area (Å²) >= 11 is 0. The lowest BCUT2D eigenvalue weighted by Gasteiger charge is -2.38. The number of nitrogens with zero attached hydrogens (tertiary/aromatic N) is 5. The van der Waals surface area contributed by atoms with Crippen molar-refractivity contribution in [1.29, 1.82) is 0 Å². The van der Waals surface area contributed by atoms with Gasteiger partial charge in [-0.3, -0.25) is 4.90 Å². The summed E-state index contributed by atoms with van der Waals surface area (Å²) in [5, 5.41) is 0. The maximum Gasteiger partial charge on any atom is 0.179 e. The molecule has 0 bridgehead atoms. The molecule has 1 aromatic heterocycles. The Labute approximate surface area is 183 Å². The van der Waals surface area contributed by atoms with Crippen molar-refractivity contribution >= 4 is 11.3 Å². The van der Waals surface area contributed by atoms with E-state index in [1.807, 2.05) is 12.1 Å². The maximum absolute atomic E-state index is 5.03. The second-order valence-corrected chi connectivity index (χ2v) is 7.84. The molecule has 0 aliphatic carbocycles. The van der Waals surface area contributed by atoms with E-state index in [1.165, 1.54) is 22.3 Å². The number of hydrogen-bond acceptors (Lipinski definition) is 5. The number of hydrogen-bond donors (Lipinski definition) is 0. The van der Waals surface area contributed by atoms with E-state index < -0.39 is 0 Å². The predicted octanol–water partition coefficient (Wildman–Crippen LogP) is 4.46. The van der Waals surface area contributed by atoms with E-state index in [4.69, 9.17) is 4.99 Å². The molecule has 1 atom stereocenters. The summed E-state index contributed by atoms with van der Waals surface area (Å²) in [5.41, 5.74) is 6.92. The van der Waals surface area contributed by atoms with Crippen molar-refractivity contribution in [3.63, 3.8) is 0 Å². The van der Waals surface area contributed by atoms with Crippen molar-refractivity contribution in [3.8, 4) is 11.1 Å². The molecule has 31 heavy (non-hydrogen) atoms. The van der Waals surface area contributed by atoms with E-state index in [-0.39, 0.29) is 6.29 Å². The third-order valence-corrected chi connectivity index (χ3v) is 5.80. The molecule has 5 nitrogen and oxygen atoms in total. The smallest absolute Gasteiger partial charge is 0.179 e. The zero-order valence-electron chi connectivity index (χ0n) is 17.6. The lowest BCUT2D eigenvalue weighted by Crippen LogP contribution is -2.47. The van der Waals surface area contributed by atoms with Gasteiger partial charge in [-0.15, -0.1) is 0 Å². The maximum atomic E-state index is 5.03. The van der Waals surface area contributed by atoms with Gasteiger partial charge in [0, 0.05) is 32.5 Å². The second-order valence-electron chi connectivity index (χ2n) is 7.84. The number of aromatic nitrogens is 2. The minimum absolute atomic E-state index is 0.0532. The highest BCUT2D eigenvalue weighted by molar-refractivity contribution is 6.07. The van der Waals surface area contributed by atoms with Crippen molar-refractivity contribution < 1.29 is 0 Å². The Kier molecular flexibility index (Phi) is 5.42. The number of benzene rings is 2. The molecule has 154 valence electrons. The van der Waals surface area contributed by atoms with Crippen LogP contribution in [0.15, 0.2) is 96.5 Å². The highest BCUT2D eigenvalue weighted by atomic mass is 15.4. The van der Waals surface area contributed by atoms with Crippen LogP contribution in [0.3, 0.4) is 0 Å². The topological polar surface area (TPSA) is 44.6 Å². The van der Waals surface area contributed by atoms with Gasteiger partial charge in [-0.25, -0.2) is 15.0 Å². The molecule has 1 unspecified atom stereocenters. The van der Waals surface area contributed by atoms with Crippen LogP contribution in [0.25, 0.3) is 16.7 Å². The molecule has 3 heterocycles. The summed E-state index contributed by atoms with van der Waals surface area (Å²) in [5.74, 6) is 0. The molecule has 2 aliphatic heterocycles. The summed E-state index contributed by atoms with van der Waals surface area (Å²) in [6.45, 7) is 1.83. The molecule has 0 spiro atoms. The van der Waals surface area contributed by atoms with Crippen LogP contribution in [-0.4, -0.2) is 51.9 Å². The first-order valence-corrected chi connectivity index (χ1v) is 10.6. The molecular formula is C26H25N5. The van der Waals surface area contributed by atoms with Gasteiger partial charge in [-0.1, -0.05) is 60.7 Å². The van der Waals surface area contributed by atoms with Gasteiger partial charge in [0.25, 0.3) is 0 Å². The highest BCUT2D eigenvalue weighted by Gasteiger charge is 2.27. The van der Waals surface area contributed by atoms with Crippen molar-refractivity contribution in [2.24, 2.45) is 4.99 Å². The first-order chi connectivity index (χ1) is 15.3. The Morgan fingerprint density at radius 1 is 0.935 bits per heavy atom. The van der Waals surface area contributed by atoms with Gasteiger partial charge < -0.3 is 4.90 Å². The van der Waals surface area contributed by atoms with E-state index in [0.717, 1.165) is 30.9 Å². The molecule has 0 fully saturated rings. The quantitative estimate of drug-likeness (QED) is 0.640. The van der Waals surface area contributed by atoms with Crippen molar-refractivity contribution in [1.82, 2.24) is 19.8 Å². The Hall–Kier alpha value is -3.57. The highest BCUT2D eigenvalue weighted by Crippen LogP contribution is 2.32. The second kappa shape index (κ2) is 8.66. The van der Waals surface area contributed by atoms with E-state index in [1.54, 1.807) is 12.5 Å². The Balaban J connectivity index is 1.43. The fourth-order valence-electron chi connectivity index (χ4n) is 4.25. The monoisotopic (exact) mass is 407 g/mol. The Morgan fingerprint density at radius 3 is 2.55 bits per heavy atom. The predicted molar refractivity (Wildman–Crippen MR) is 125 cm³/mol. The van der Waals surface area contributed by atoms with Crippen LogP contribution in [0, 0.1) is 0 Å². The zero-order chi connectivity index (χ0) is 21.0. The standard InChI is InChI=1S/C26H25N5/c1-30-17-14-25(24-13-15-27-19-28-24)29-26(30)31-16-7-10-21(18-31)23-12-6-5-11-22(23)20-8-3-2-4-9-20/h2-6,8-15,17,19,26H,7,16,18H2,1H3. The van der Waals surface area contributed by atoms with E-state index in [0.29, 0.717) is 0 Å². The van der Waals surface area contributed by atoms with Crippen LogP contribution in [0.2, 0.25) is 0 Å². The molecule has 2 aromatic carbocycles. The summed E-state index contributed by atoms with van der Waals surface area (Å²) in [4.78, 5) is 18.0. The fourth-order valence-corrected chi connectivity index (χ4v) is 4.25. The number of rotatable bonds is 4. The zero-order valence-corrected chi connectivity index (χ0v) is 17.6. The minimum atomic E-state index is -0.0532. The molecule has 0 saturated carbocycles. The normalized spacial score (nSPS) is 19.1. The van der Waals surface area contributed by atoms with Crippen molar-refractivity contribution in [2.45, 2.75) is 12.7 Å². The lowest BCUT2D eigenvalue weighted by atomic mass is 9.92. The van der Waals surface area contributed by atoms with E-state index >= 15 is 0 Å². The summed E-state index contributed by atoms with van der Waals surface area (Å²) in [7, 11) is 2.08. The van der Waals surface area contributed by atoms with Gasteiger partial charge in [0.1, 0.15) is 6.33 Å². The molecule has 3 aromatic rings. The van der Waals surface area contributed by atoms with Crippen LogP contribution < -0.4 is 0 Å². The van der Waals surface area contributed by atoms with Crippen molar-refractivity contribution in [3.05, 3.63) is 103 Å². The van der Waals surface area contributed by atoms with E-state index in [9.17, 15) is 0 Å². The van der Waals surface area contributed by atoms with Gasteiger partial charge in [0.15, 0.2) is 6.29 Å². The molecule has 0 N–H and O–H groups in total. The fraction of sp³-hybridized carbons (Fsp3) is 0.192. The first-order valence-electron chi connectivity index (χ1n) is 10.6. The molecular weight excluding hydrogens is 382 g/mol. The Morgan fingerprint density at radius 2 is 1.74 bits per heavy atom. The van der Waals surface area contributed by atoms with Crippen LogP contribution >= 0.6 is 0 Å². The summed E-state index contributed by atoms with van der Waals surface area (Å²) in [6.07, 6.45) is 10.8. The van der Waals surface area contributed by atoms with Crippen LogP contribution in [0.4, 0.5) is 0 Å². The Bertz CT molecular complexity index is 1130. The third-order valence-electron chi connectivity index (χ3n) is 5.80. The number of aliphatic imine (C=N–C) groups is 1. The van der Waals surface area contributed by atoms with Gasteiger partial charge in [-0.05, 0) is 40.8 Å². The largest absolute Gasteiger partial charge is 0.347 e. The molecule has 5 heteroatoms. The summed E-state index contributed by atoms with van der Waals surface area (Å²) in [6, 6.07) is 21.2. The van der Waals surface area contributed by atoms with Crippen LogP contribution in [0.5, 0.6) is 0 Å². The molecule has 0 amide bonds. The average Bonchev–Trinajstić information content (AvgIpc) is 2.85. The third kappa shape index (κ3) is 4.05. The lowest BCUT2D eigenvalue weighted by molar-refractivity contribution is 0.111. The van der Waals surface area contributed by atoms with Gasteiger partial charge >= 0.3 is 0 Å².